The molecule has 1 N–H and O–H groups in total. The van der Waals surface area contributed by atoms with E-state index in [9.17, 15) is 18.0 Å². The Labute approximate surface area is 140 Å². The molecule has 2 aromatic rings. The van der Waals surface area contributed by atoms with E-state index < -0.39 is 11.9 Å². The zero-order valence-electron chi connectivity index (χ0n) is 12.2. The van der Waals surface area contributed by atoms with Crippen LogP contribution in [0.5, 0.6) is 0 Å². The maximum Gasteiger partial charge on any atom is 0.398 e. The van der Waals surface area contributed by atoms with Crippen molar-refractivity contribution in [2.24, 2.45) is 0 Å². The van der Waals surface area contributed by atoms with Crippen molar-refractivity contribution < 1.29 is 18.0 Å². The molecule has 0 aliphatic rings. The average Bonchev–Trinajstić information content (AvgIpc) is 2.53. The minimum absolute atomic E-state index is 0.338. The van der Waals surface area contributed by atoms with Gasteiger partial charge in [-0.1, -0.05) is 24.3 Å². The van der Waals surface area contributed by atoms with Gasteiger partial charge in [0.25, 0.3) is 5.91 Å². The van der Waals surface area contributed by atoms with Crippen LogP contribution in [0.4, 0.5) is 18.9 Å². The van der Waals surface area contributed by atoms with Crippen LogP contribution in [0.15, 0.2) is 58.3 Å². The normalized spacial score (nSPS) is 11.3. The minimum Gasteiger partial charge on any atom is -0.321 e. The molecule has 0 radical (unpaired) electrons. The second-order valence-corrected chi connectivity index (χ2v) is 6.42. The first-order chi connectivity index (χ1) is 10.9. The number of benzene rings is 2. The molecular weight excluding hydrogens is 343 g/mol. The highest BCUT2D eigenvalue weighted by atomic mass is 32.2. The number of para-hydroxylation sites is 1. The Morgan fingerprint density at radius 2 is 1.65 bits per heavy atom. The first-order valence-corrected chi connectivity index (χ1v) is 8.84. The van der Waals surface area contributed by atoms with Crippen molar-refractivity contribution in [2.45, 2.75) is 16.0 Å². The molecule has 0 unspecified atom stereocenters. The lowest BCUT2D eigenvalue weighted by Crippen LogP contribution is -2.14. The number of hydrogen-bond donors (Lipinski definition) is 1. The van der Waals surface area contributed by atoms with Crippen LogP contribution in [0.25, 0.3) is 0 Å². The Balaban J connectivity index is 2.18. The second-order valence-electron chi connectivity index (χ2n) is 4.55. The zero-order valence-corrected chi connectivity index (χ0v) is 13.8. The van der Waals surface area contributed by atoms with Crippen LogP contribution in [0.1, 0.15) is 10.4 Å². The van der Waals surface area contributed by atoms with E-state index >= 15 is 0 Å². The monoisotopic (exact) mass is 357 g/mol. The number of anilines is 1. The molecule has 2 nitrogen and oxygen atoms in total. The largest absolute Gasteiger partial charge is 0.398 e. The highest BCUT2D eigenvalue weighted by Gasteiger charge is 2.27. The zero-order chi connectivity index (χ0) is 16.9. The SMILES string of the molecule is CSc1ccccc1C(=O)Nc1ccccc1SCC(F)(F)F. The van der Waals surface area contributed by atoms with Crippen molar-refractivity contribution in [1.29, 1.82) is 0 Å². The number of hydrogen-bond acceptors (Lipinski definition) is 3. The Kier molecular flexibility index (Phi) is 6.01. The minimum atomic E-state index is -4.26. The van der Waals surface area contributed by atoms with Crippen LogP contribution >= 0.6 is 23.5 Å². The molecule has 2 rings (SSSR count). The van der Waals surface area contributed by atoms with Crippen molar-refractivity contribution in [2.75, 3.05) is 17.3 Å². The van der Waals surface area contributed by atoms with Crippen LogP contribution in [-0.2, 0) is 0 Å². The Hall–Kier alpha value is -1.60. The standard InChI is InChI=1S/C16H14F3NOS2/c1-22-13-8-4-2-6-11(13)15(21)20-12-7-3-5-9-14(12)23-10-16(17,18)19/h2-9H,10H2,1H3,(H,20,21). The van der Waals surface area contributed by atoms with Crippen LogP contribution in [0.3, 0.4) is 0 Å². The molecule has 0 bridgehead atoms. The lowest BCUT2D eigenvalue weighted by molar-refractivity contribution is -0.105. The van der Waals surface area contributed by atoms with E-state index in [2.05, 4.69) is 5.32 Å². The lowest BCUT2D eigenvalue weighted by Gasteiger charge is -2.13. The molecular formula is C16H14F3NOS2. The molecule has 0 heterocycles. The number of carbonyl (C=O) groups excluding carboxylic acids is 1. The van der Waals surface area contributed by atoms with Crippen LogP contribution < -0.4 is 5.32 Å². The van der Waals surface area contributed by atoms with Gasteiger partial charge in [-0.2, -0.15) is 13.2 Å². The Bertz CT molecular complexity index is 689. The van der Waals surface area contributed by atoms with Gasteiger partial charge in [-0.15, -0.1) is 23.5 Å². The summed E-state index contributed by atoms with van der Waals surface area (Å²) in [6.45, 7) is 0. The number of alkyl halides is 3. The Morgan fingerprint density at radius 3 is 2.30 bits per heavy atom. The summed E-state index contributed by atoms with van der Waals surface area (Å²) in [7, 11) is 0. The van der Waals surface area contributed by atoms with E-state index in [4.69, 9.17) is 0 Å². The molecule has 0 aliphatic carbocycles. The van der Waals surface area contributed by atoms with E-state index in [1.165, 1.54) is 11.8 Å². The number of nitrogens with one attached hydrogen (secondary N) is 1. The molecule has 0 spiro atoms. The van der Waals surface area contributed by atoms with Crippen molar-refractivity contribution in [3.8, 4) is 0 Å². The topological polar surface area (TPSA) is 29.1 Å². The molecule has 0 fully saturated rings. The number of halogens is 3. The van der Waals surface area contributed by atoms with E-state index in [1.54, 1.807) is 36.4 Å². The summed E-state index contributed by atoms with van der Waals surface area (Å²) < 4.78 is 37.2. The maximum absolute atomic E-state index is 12.4. The van der Waals surface area contributed by atoms with Crippen molar-refractivity contribution in [1.82, 2.24) is 0 Å². The van der Waals surface area contributed by atoms with Crippen molar-refractivity contribution in [3.63, 3.8) is 0 Å². The van der Waals surface area contributed by atoms with Crippen LogP contribution in [0, 0.1) is 0 Å². The predicted octanol–water partition coefficient (Wildman–Crippen LogP) is 5.32. The number of thioether (sulfide) groups is 2. The van der Waals surface area contributed by atoms with Crippen molar-refractivity contribution in [3.05, 3.63) is 54.1 Å². The first kappa shape index (κ1) is 17.7. The number of carbonyl (C=O) groups is 1. The lowest BCUT2D eigenvalue weighted by atomic mass is 10.2. The molecule has 2 aromatic carbocycles. The molecule has 23 heavy (non-hydrogen) atoms. The molecule has 122 valence electrons. The van der Waals surface area contributed by atoms with Gasteiger partial charge in [0.15, 0.2) is 0 Å². The third-order valence-corrected chi connectivity index (χ3v) is 4.81. The van der Waals surface area contributed by atoms with E-state index in [0.29, 0.717) is 27.9 Å². The maximum atomic E-state index is 12.4. The van der Waals surface area contributed by atoms with Gasteiger partial charge >= 0.3 is 6.18 Å². The van der Waals surface area contributed by atoms with E-state index in [0.717, 1.165) is 4.90 Å². The average molecular weight is 357 g/mol. The fourth-order valence-corrected chi connectivity index (χ4v) is 3.24. The molecule has 0 saturated heterocycles. The first-order valence-electron chi connectivity index (χ1n) is 6.63. The van der Waals surface area contributed by atoms with Crippen molar-refractivity contribution >= 4 is 35.1 Å². The van der Waals surface area contributed by atoms with Gasteiger partial charge in [0.1, 0.15) is 0 Å². The summed E-state index contributed by atoms with van der Waals surface area (Å²) in [4.78, 5) is 13.6. The summed E-state index contributed by atoms with van der Waals surface area (Å²) in [5.74, 6) is -1.34. The van der Waals surface area contributed by atoms with Gasteiger partial charge in [0.05, 0.1) is 17.0 Å². The summed E-state index contributed by atoms with van der Waals surface area (Å²) in [6.07, 6.45) is -2.40. The third kappa shape index (κ3) is 5.21. The number of rotatable bonds is 5. The fraction of sp³-hybridized carbons (Fsp3) is 0.188. The third-order valence-electron chi connectivity index (χ3n) is 2.88. The predicted molar refractivity (Wildman–Crippen MR) is 89.4 cm³/mol. The molecule has 0 saturated carbocycles. The second kappa shape index (κ2) is 7.79. The highest BCUT2D eigenvalue weighted by molar-refractivity contribution is 7.99. The molecule has 0 atom stereocenters. The van der Waals surface area contributed by atoms with Gasteiger partial charge in [0.2, 0.25) is 0 Å². The molecule has 0 aromatic heterocycles. The van der Waals surface area contributed by atoms with Gasteiger partial charge in [0, 0.05) is 9.79 Å². The summed E-state index contributed by atoms with van der Waals surface area (Å²) in [5, 5.41) is 2.70. The van der Waals surface area contributed by atoms with E-state index in [-0.39, 0.29) is 5.91 Å². The fourth-order valence-electron chi connectivity index (χ4n) is 1.88. The van der Waals surface area contributed by atoms with Gasteiger partial charge in [-0.3, -0.25) is 4.79 Å². The summed E-state index contributed by atoms with van der Waals surface area (Å²) in [6, 6.07) is 13.6. The van der Waals surface area contributed by atoms with Gasteiger partial charge < -0.3 is 5.32 Å². The summed E-state index contributed by atoms with van der Waals surface area (Å²) in [5.41, 5.74) is 0.873. The van der Waals surface area contributed by atoms with Crippen LogP contribution in [0.2, 0.25) is 0 Å². The molecule has 7 heteroatoms. The Morgan fingerprint density at radius 1 is 1.04 bits per heavy atom. The van der Waals surface area contributed by atoms with Gasteiger partial charge in [-0.25, -0.2) is 0 Å². The smallest absolute Gasteiger partial charge is 0.321 e. The van der Waals surface area contributed by atoms with E-state index in [1.807, 2.05) is 18.4 Å². The number of amides is 1. The molecule has 0 aliphatic heterocycles. The van der Waals surface area contributed by atoms with Crippen LogP contribution in [-0.4, -0.2) is 24.1 Å². The highest BCUT2D eigenvalue weighted by Crippen LogP contribution is 2.32. The quantitative estimate of drug-likeness (QED) is 0.735. The van der Waals surface area contributed by atoms with Gasteiger partial charge in [-0.05, 0) is 30.5 Å². The summed E-state index contributed by atoms with van der Waals surface area (Å²) >= 11 is 2.09. The molecule has 1 amide bonds.